The molecule has 1 amide bonds. The highest BCUT2D eigenvalue weighted by Gasteiger charge is 2.30. The standard InChI is InChI=1S/C22H24N4O4S2/c1-12-18-13(2)23-20(14-5-6-14)25-22(18)31-19(12)21(28)24-16-11-15(7-8-17(16)27)32(29,30)26-9-3-4-10-26/h7-8,11,14,27H,3-6,9-10H2,1-2H3,(H,24,28). The van der Waals surface area contributed by atoms with Crippen LogP contribution in [0.2, 0.25) is 0 Å². The number of aryl methyl sites for hydroxylation is 2. The number of carbonyl (C=O) groups is 1. The first kappa shape index (κ1) is 21.3. The largest absolute Gasteiger partial charge is 0.506 e. The van der Waals surface area contributed by atoms with E-state index in [4.69, 9.17) is 0 Å². The highest BCUT2D eigenvalue weighted by molar-refractivity contribution is 7.89. The maximum absolute atomic E-state index is 13.1. The fourth-order valence-corrected chi connectivity index (χ4v) is 6.81. The molecule has 32 heavy (non-hydrogen) atoms. The molecule has 5 rings (SSSR count). The summed E-state index contributed by atoms with van der Waals surface area (Å²) in [5.41, 5.74) is 1.70. The van der Waals surface area contributed by atoms with Crippen molar-refractivity contribution in [1.29, 1.82) is 0 Å². The first-order valence-corrected chi connectivity index (χ1v) is 12.9. The Bertz CT molecular complexity index is 1340. The zero-order chi connectivity index (χ0) is 22.6. The molecule has 0 atom stereocenters. The molecule has 0 radical (unpaired) electrons. The zero-order valence-electron chi connectivity index (χ0n) is 17.9. The Balaban J connectivity index is 1.47. The number of phenolic OH excluding ortho intramolecular Hbond substituents is 1. The van der Waals surface area contributed by atoms with Crippen molar-refractivity contribution in [2.24, 2.45) is 0 Å². The van der Waals surface area contributed by atoms with Crippen LogP contribution in [0.3, 0.4) is 0 Å². The minimum atomic E-state index is -3.66. The molecule has 168 valence electrons. The lowest BCUT2D eigenvalue weighted by Crippen LogP contribution is -2.28. The number of phenols is 1. The Morgan fingerprint density at radius 1 is 1.19 bits per heavy atom. The summed E-state index contributed by atoms with van der Waals surface area (Å²) >= 11 is 1.29. The normalized spacial score (nSPS) is 17.2. The van der Waals surface area contributed by atoms with E-state index in [1.165, 1.54) is 33.8 Å². The smallest absolute Gasteiger partial charge is 0.266 e. The van der Waals surface area contributed by atoms with Crippen molar-refractivity contribution in [3.63, 3.8) is 0 Å². The van der Waals surface area contributed by atoms with E-state index in [1.807, 2.05) is 13.8 Å². The summed E-state index contributed by atoms with van der Waals surface area (Å²) in [6, 6.07) is 3.98. The molecule has 0 spiro atoms. The predicted molar refractivity (Wildman–Crippen MR) is 123 cm³/mol. The lowest BCUT2D eigenvalue weighted by molar-refractivity contribution is 0.102. The summed E-state index contributed by atoms with van der Waals surface area (Å²) < 4.78 is 27.2. The van der Waals surface area contributed by atoms with Gasteiger partial charge >= 0.3 is 0 Å². The van der Waals surface area contributed by atoms with E-state index < -0.39 is 15.9 Å². The second-order valence-electron chi connectivity index (χ2n) is 8.42. The van der Waals surface area contributed by atoms with E-state index in [2.05, 4.69) is 15.3 Å². The molecule has 0 bridgehead atoms. The molecule has 3 heterocycles. The maximum Gasteiger partial charge on any atom is 0.266 e. The number of hydrogen-bond acceptors (Lipinski definition) is 7. The van der Waals surface area contributed by atoms with Gasteiger partial charge in [-0.2, -0.15) is 4.31 Å². The van der Waals surface area contributed by atoms with E-state index in [0.717, 1.165) is 53.0 Å². The number of aromatic nitrogens is 2. The molecule has 1 aromatic carbocycles. The topological polar surface area (TPSA) is 112 Å². The maximum atomic E-state index is 13.1. The fraction of sp³-hybridized carbons (Fsp3) is 0.409. The van der Waals surface area contributed by atoms with Gasteiger partial charge in [-0.05, 0) is 63.3 Å². The van der Waals surface area contributed by atoms with Gasteiger partial charge in [-0.3, -0.25) is 4.79 Å². The number of anilines is 1. The Morgan fingerprint density at radius 2 is 1.91 bits per heavy atom. The van der Waals surface area contributed by atoms with E-state index in [-0.39, 0.29) is 16.3 Å². The minimum Gasteiger partial charge on any atom is -0.506 e. The second-order valence-corrected chi connectivity index (χ2v) is 11.4. The molecule has 3 aromatic rings. The predicted octanol–water partition coefficient (Wildman–Crippen LogP) is 3.93. The van der Waals surface area contributed by atoms with Crippen LogP contribution in [-0.2, 0) is 10.0 Å². The number of fused-ring (bicyclic) bond motifs is 1. The third-order valence-electron chi connectivity index (χ3n) is 6.06. The summed E-state index contributed by atoms with van der Waals surface area (Å²) in [5.74, 6) is 0.643. The van der Waals surface area contributed by atoms with Crippen LogP contribution in [0.4, 0.5) is 5.69 Å². The van der Waals surface area contributed by atoms with Crippen LogP contribution in [-0.4, -0.2) is 46.8 Å². The van der Waals surface area contributed by atoms with Gasteiger partial charge < -0.3 is 10.4 Å². The van der Waals surface area contributed by atoms with Crippen LogP contribution >= 0.6 is 11.3 Å². The average molecular weight is 473 g/mol. The molecule has 8 nitrogen and oxygen atoms in total. The molecule has 2 N–H and O–H groups in total. The van der Waals surface area contributed by atoms with Gasteiger partial charge in [0.2, 0.25) is 10.0 Å². The first-order valence-electron chi connectivity index (χ1n) is 10.7. The number of carbonyl (C=O) groups excluding carboxylic acids is 1. The van der Waals surface area contributed by atoms with Gasteiger partial charge in [0.15, 0.2) is 0 Å². The lowest BCUT2D eigenvalue weighted by Gasteiger charge is -2.16. The van der Waals surface area contributed by atoms with Crippen LogP contribution in [0.5, 0.6) is 5.75 Å². The lowest BCUT2D eigenvalue weighted by atomic mass is 10.1. The van der Waals surface area contributed by atoms with E-state index in [0.29, 0.717) is 23.9 Å². The van der Waals surface area contributed by atoms with Crippen LogP contribution in [0, 0.1) is 13.8 Å². The highest BCUT2D eigenvalue weighted by Crippen LogP contribution is 2.40. The number of rotatable bonds is 5. The zero-order valence-corrected chi connectivity index (χ0v) is 19.5. The molecule has 2 fully saturated rings. The number of nitrogens with zero attached hydrogens (tertiary/aromatic N) is 3. The van der Waals surface area contributed by atoms with Gasteiger partial charge in [-0.15, -0.1) is 11.3 Å². The number of nitrogens with one attached hydrogen (secondary N) is 1. The molecule has 10 heteroatoms. The molecule has 1 saturated heterocycles. The van der Waals surface area contributed by atoms with E-state index >= 15 is 0 Å². The van der Waals surface area contributed by atoms with Crippen LogP contribution in [0.25, 0.3) is 10.2 Å². The minimum absolute atomic E-state index is 0.0522. The molecular weight excluding hydrogens is 448 g/mol. The first-order chi connectivity index (χ1) is 15.3. The molecule has 2 aliphatic rings. The van der Waals surface area contributed by atoms with Crippen molar-refractivity contribution in [3.05, 3.63) is 40.2 Å². The number of aromatic hydroxyl groups is 1. The summed E-state index contributed by atoms with van der Waals surface area (Å²) in [5, 5.41) is 13.8. The van der Waals surface area contributed by atoms with Crippen molar-refractivity contribution >= 4 is 43.2 Å². The summed E-state index contributed by atoms with van der Waals surface area (Å²) in [7, 11) is -3.66. The van der Waals surface area contributed by atoms with Crippen LogP contribution < -0.4 is 5.32 Å². The van der Waals surface area contributed by atoms with Crippen molar-refractivity contribution in [1.82, 2.24) is 14.3 Å². The summed E-state index contributed by atoms with van der Waals surface area (Å²) in [6.07, 6.45) is 3.85. The fourth-order valence-electron chi connectivity index (χ4n) is 4.13. The average Bonchev–Trinajstić information content (AvgIpc) is 3.33. The van der Waals surface area contributed by atoms with Gasteiger partial charge in [-0.1, -0.05) is 0 Å². The number of thiophene rings is 1. The van der Waals surface area contributed by atoms with Gasteiger partial charge in [0, 0.05) is 24.4 Å². The Morgan fingerprint density at radius 3 is 2.59 bits per heavy atom. The Labute approximate surface area is 190 Å². The number of amides is 1. The molecule has 1 aliphatic heterocycles. The second kappa shape index (κ2) is 7.79. The van der Waals surface area contributed by atoms with Gasteiger partial charge in [-0.25, -0.2) is 18.4 Å². The number of hydrogen-bond donors (Lipinski definition) is 2. The monoisotopic (exact) mass is 472 g/mol. The number of benzene rings is 1. The van der Waals surface area contributed by atoms with Gasteiger partial charge in [0.05, 0.1) is 21.2 Å². The van der Waals surface area contributed by atoms with Crippen LogP contribution in [0.1, 0.15) is 58.4 Å². The van der Waals surface area contributed by atoms with Gasteiger partial charge in [0.25, 0.3) is 5.91 Å². The van der Waals surface area contributed by atoms with E-state index in [9.17, 15) is 18.3 Å². The molecule has 0 unspecified atom stereocenters. The molecule has 1 saturated carbocycles. The molecular formula is C22H24N4O4S2. The van der Waals surface area contributed by atoms with Crippen LogP contribution in [0.15, 0.2) is 23.1 Å². The van der Waals surface area contributed by atoms with Crippen molar-refractivity contribution in [3.8, 4) is 5.75 Å². The quantitative estimate of drug-likeness (QED) is 0.544. The SMILES string of the molecule is Cc1nc(C2CC2)nc2sc(C(=O)Nc3cc(S(=O)(=O)N4CCCC4)ccc3O)c(C)c12. The Hall–Kier alpha value is -2.56. The van der Waals surface area contributed by atoms with E-state index in [1.54, 1.807) is 0 Å². The van der Waals surface area contributed by atoms with Crippen molar-refractivity contribution in [2.75, 3.05) is 18.4 Å². The molecule has 1 aliphatic carbocycles. The summed E-state index contributed by atoms with van der Waals surface area (Å²) in [4.78, 5) is 23.7. The van der Waals surface area contributed by atoms with Crippen molar-refractivity contribution in [2.45, 2.75) is 50.3 Å². The molecule has 2 aromatic heterocycles. The third kappa shape index (κ3) is 3.66. The highest BCUT2D eigenvalue weighted by atomic mass is 32.2. The summed E-state index contributed by atoms with van der Waals surface area (Å²) in [6.45, 7) is 4.75. The van der Waals surface area contributed by atoms with Crippen molar-refractivity contribution < 1.29 is 18.3 Å². The third-order valence-corrected chi connectivity index (χ3v) is 9.14. The van der Waals surface area contributed by atoms with Gasteiger partial charge in [0.1, 0.15) is 16.4 Å². The number of sulfonamides is 1. The Kier molecular flexibility index (Phi) is 5.18.